The summed E-state index contributed by atoms with van der Waals surface area (Å²) in [7, 11) is 4.57. The Morgan fingerprint density at radius 2 is 1.70 bits per heavy atom. The maximum atomic E-state index is 12.8. The van der Waals surface area contributed by atoms with E-state index in [1.807, 2.05) is 0 Å². The van der Waals surface area contributed by atoms with Gasteiger partial charge in [0.25, 0.3) is 11.1 Å². The molecule has 1 saturated heterocycles. The number of rotatable bonds is 5. The Morgan fingerprint density at radius 1 is 1.00 bits per heavy atom. The molecule has 8 heteroatoms. The Balaban J connectivity index is 1.99. The minimum Gasteiger partial charge on any atom is -0.495 e. The summed E-state index contributed by atoms with van der Waals surface area (Å²) in [5.41, 5.74) is 1.12. The fourth-order valence-electron chi connectivity index (χ4n) is 2.66. The highest BCUT2D eigenvalue weighted by atomic mass is 79.9. The number of amides is 2. The molecular weight excluding hydrogens is 434 g/mol. The van der Waals surface area contributed by atoms with E-state index in [2.05, 4.69) is 15.9 Å². The number of carbonyl (C=O) groups excluding carboxylic acids is 2. The Morgan fingerprint density at radius 3 is 2.37 bits per heavy atom. The van der Waals surface area contributed by atoms with Crippen LogP contribution in [0, 0.1) is 0 Å². The summed E-state index contributed by atoms with van der Waals surface area (Å²) in [6.07, 6.45) is 1.65. The van der Waals surface area contributed by atoms with E-state index in [4.69, 9.17) is 14.2 Å². The monoisotopic (exact) mass is 449 g/mol. The molecule has 0 aromatic heterocycles. The van der Waals surface area contributed by atoms with Crippen molar-refractivity contribution in [3.8, 4) is 17.2 Å². The third-order valence-corrected chi connectivity index (χ3v) is 5.33. The standard InChI is InChI=1S/C19H16BrNO5S/c1-24-14-7-5-4-6-13(14)21-18(22)16(27-19(21)23)10-11-8-12(20)17(26-3)15(9-11)25-2/h4-10H,1-3H3/b16-10-. The zero-order valence-electron chi connectivity index (χ0n) is 14.8. The van der Waals surface area contributed by atoms with Gasteiger partial charge in [0.2, 0.25) is 0 Å². The molecule has 0 N–H and O–H groups in total. The lowest BCUT2D eigenvalue weighted by molar-refractivity contribution is -0.113. The summed E-state index contributed by atoms with van der Waals surface area (Å²) >= 11 is 4.30. The molecule has 6 nitrogen and oxygen atoms in total. The molecule has 0 aliphatic carbocycles. The van der Waals surface area contributed by atoms with Crippen molar-refractivity contribution >= 4 is 50.6 Å². The van der Waals surface area contributed by atoms with Crippen LogP contribution in [0.5, 0.6) is 17.2 Å². The van der Waals surface area contributed by atoms with Gasteiger partial charge in [-0.1, -0.05) is 12.1 Å². The van der Waals surface area contributed by atoms with Gasteiger partial charge in [-0.25, -0.2) is 4.90 Å². The van der Waals surface area contributed by atoms with Crippen molar-refractivity contribution in [2.75, 3.05) is 26.2 Å². The van der Waals surface area contributed by atoms with E-state index in [-0.39, 0.29) is 5.24 Å². The summed E-state index contributed by atoms with van der Waals surface area (Å²) in [4.78, 5) is 26.7. The zero-order valence-corrected chi connectivity index (χ0v) is 17.2. The summed E-state index contributed by atoms with van der Waals surface area (Å²) in [6.45, 7) is 0. The van der Waals surface area contributed by atoms with E-state index in [0.717, 1.165) is 16.7 Å². The average molecular weight is 450 g/mol. The van der Waals surface area contributed by atoms with Gasteiger partial charge in [-0.15, -0.1) is 0 Å². The summed E-state index contributed by atoms with van der Waals surface area (Å²) in [5, 5.41) is -0.379. The van der Waals surface area contributed by atoms with Crippen molar-refractivity contribution in [3.05, 3.63) is 51.3 Å². The predicted molar refractivity (Wildman–Crippen MR) is 109 cm³/mol. The number of nitrogens with zero attached hydrogens (tertiary/aromatic N) is 1. The second kappa shape index (κ2) is 8.06. The average Bonchev–Trinajstić information content (AvgIpc) is 2.94. The number of imide groups is 1. The molecule has 1 heterocycles. The summed E-state index contributed by atoms with van der Waals surface area (Å²) in [5.74, 6) is 1.12. The van der Waals surface area contributed by atoms with Crippen molar-refractivity contribution in [3.63, 3.8) is 0 Å². The molecular formula is C19H16BrNO5S. The SMILES string of the molecule is COc1ccccc1N1C(=O)S/C(=C\c2cc(Br)c(OC)c(OC)c2)C1=O. The van der Waals surface area contributed by atoms with Gasteiger partial charge in [0.15, 0.2) is 11.5 Å². The molecule has 2 aromatic rings. The number of thioether (sulfide) groups is 1. The minimum atomic E-state index is -0.402. The fourth-order valence-corrected chi connectivity index (χ4v) is 4.12. The Labute approximate surface area is 169 Å². The van der Waals surface area contributed by atoms with Gasteiger partial charge in [0.1, 0.15) is 5.75 Å². The van der Waals surface area contributed by atoms with E-state index >= 15 is 0 Å². The number of hydrogen-bond acceptors (Lipinski definition) is 6. The van der Waals surface area contributed by atoms with Gasteiger partial charge in [-0.05, 0) is 63.6 Å². The van der Waals surface area contributed by atoms with E-state index in [0.29, 0.717) is 37.9 Å². The van der Waals surface area contributed by atoms with Gasteiger partial charge in [0.05, 0.1) is 36.4 Å². The Hall–Kier alpha value is -2.45. The first-order chi connectivity index (χ1) is 13.0. The van der Waals surface area contributed by atoms with Crippen LogP contribution < -0.4 is 19.1 Å². The zero-order chi connectivity index (χ0) is 19.6. The van der Waals surface area contributed by atoms with Crippen molar-refractivity contribution in [2.24, 2.45) is 0 Å². The molecule has 1 aliphatic heterocycles. The third kappa shape index (κ3) is 3.68. The molecule has 0 bridgehead atoms. The number of hydrogen-bond donors (Lipinski definition) is 0. The molecule has 1 aliphatic rings. The molecule has 2 amide bonds. The lowest BCUT2D eigenvalue weighted by Gasteiger charge is -2.15. The number of carbonyl (C=O) groups is 2. The maximum absolute atomic E-state index is 12.8. The van der Waals surface area contributed by atoms with Crippen LogP contribution in [0.25, 0.3) is 6.08 Å². The van der Waals surface area contributed by atoms with Crippen LogP contribution in [-0.4, -0.2) is 32.5 Å². The topological polar surface area (TPSA) is 65.1 Å². The minimum absolute atomic E-state index is 0.310. The summed E-state index contributed by atoms with van der Waals surface area (Å²) < 4.78 is 16.6. The molecule has 0 radical (unpaired) electrons. The van der Waals surface area contributed by atoms with Crippen LogP contribution in [0.3, 0.4) is 0 Å². The van der Waals surface area contributed by atoms with E-state index in [1.54, 1.807) is 49.6 Å². The van der Waals surface area contributed by atoms with Crippen molar-refractivity contribution < 1.29 is 23.8 Å². The smallest absolute Gasteiger partial charge is 0.298 e. The number of anilines is 1. The molecule has 0 unspecified atom stereocenters. The molecule has 1 fully saturated rings. The number of halogens is 1. The van der Waals surface area contributed by atoms with Crippen LogP contribution in [0.1, 0.15) is 5.56 Å². The third-order valence-electron chi connectivity index (χ3n) is 3.87. The number of benzene rings is 2. The predicted octanol–water partition coefficient (Wildman–Crippen LogP) is 4.72. The fraction of sp³-hybridized carbons (Fsp3) is 0.158. The van der Waals surface area contributed by atoms with Crippen molar-refractivity contribution in [1.82, 2.24) is 0 Å². The van der Waals surface area contributed by atoms with Crippen molar-refractivity contribution in [1.29, 1.82) is 0 Å². The van der Waals surface area contributed by atoms with Crippen LogP contribution in [0.4, 0.5) is 10.5 Å². The van der Waals surface area contributed by atoms with Crippen LogP contribution in [0.2, 0.25) is 0 Å². The Kier molecular flexibility index (Phi) is 5.76. The lowest BCUT2D eigenvalue weighted by Crippen LogP contribution is -2.28. The van der Waals surface area contributed by atoms with Gasteiger partial charge >= 0.3 is 0 Å². The molecule has 0 saturated carbocycles. The molecule has 0 spiro atoms. The first kappa shape index (κ1) is 19.3. The largest absolute Gasteiger partial charge is 0.495 e. The molecule has 140 valence electrons. The second-order valence-electron chi connectivity index (χ2n) is 5.43. The molecule has 2 aromatic carbocycles. The van der Waals surface area contributed by atoms with E-state index in [9.17, 15) is 9.59 Å². The highest BCUT2D eigenvalue weighted by molar-refractivity contribution is 9.10. The van der Waals surface area contributed by atoms with Crippen molar-refractivity contribution in [2.45, 2.75) is 0 Å². The first-order valence-electron chi connectivity index (χ1n) is 7.82. The second-order valence-corrected chi connectivity index (χ2v) is 7.27. The maximum Gasteiger partial charge on any atom is 0.298 e. The highest BCUT2D eigenvalue weighted by Gasteiger charge is 2.37. The quantitative estimate of drug-likeness (QED) is 0.615. The van der Waals surface area contributed by atoms with Crippen LogP contribution >= 0.6 is 27.7 Å². The number of methoxy groups -OCH3 is 3. The van der Waals surface area contributed by atoms with Gasteiger partial charge in [0, 0.05) is 0 Å². The van der Waals surface area contributed by atoms with Gasteiger partial charge in [-0.2, -0.15) is 0 Å². The van der Waals surface area contributed by atoms with Crippen LogP contribution in [0.15, 0.2) is 45.8 Å². The number of para-hydroxylation sites is 2. The van der Waals surface area contributed by atoms with Gasteiger partial charge in [-0.3, -0.25) is 9.59 Å². The molecule has 27 heavy (non-hydrogen) atoms. The summed E-state index contributed by atoms with van der Waals surface area (Å²) in [6, 6.07) is 10.4. The normalized spacial score (nSPS) is 15.4. The van der Waals surface area contributed by atoms with E-state index in [1.165, 1.54) is 14.2 Å². The van der Waals surface area contributed by atoms with Crippen LogP contribution in [-0.2, 0) is 4.79 Å². The van der Waals surface area contributed by atoms with E-state index < -0.39 is 5.91 Å². The first-order valence-corrected chi connectivity index (χ1v) is 9.43. The lowest BCUT2D eigenvalue weighted by atomic mass is 10.1. The highest BCUT2D eigenvalue weighted by Crippen LogP contribution is 2.41. The van der Waals surface area contributed by atoms with Gasteiger partial charge < -0.3 is 14.2 Å². The molecule has 0 atom stereocenters. The molecule has 3 rings (SSSR count). The number of ether oxygens (including phenoxy) is 3. The Bertz CT molecular complexity index is 944.